The molecular weight excluding hydrogens is 594 g/mol. The monoisotopic (exact) mass is 631 g/mol. The predicted molar refractivity (Wildman–Crippen MR) is 186 cm³/mol. The van der Waals surface area contributed by atoms with E-state index in [2.05, 4.69) is 53.7 Å². The van der Waals surface area contributed by atoms with Crippen LogP contribution >= 0.6 is 11.6 Å². The van der Waals surface area contributed by atoms with Gasteiger partial charge >= 0.3 is 0 Å². The maximum absolute atomic E-state index is 14.3. The van der Waals surface area contributed by atoms with E-state index >= 15 is 0 Å². The maximum Gasteiger partial charge on any atom is 0.260 e. The minimum absolute atomic E-state index is 0.184. The van der Waals surface area contributed by atoms with E-state index in [1.807, 2.05) is 77.7 Å². The minimum atomic E-state index is -0.529. The van der Waals surface area contributed by atoms with Gasteiger partial charge in [0.1, 0.15) is 0 Å². The zero-order chi connectivity index (χ0) is 32.4. The number of halogens is 1. The Morgan fingerprint density at radius 1 is 0.783 bits per heavy atom. The largest absolute Gasteiger partial charge is 0.366 e. The second kappa shape index (κ2) is 13.3. The summed E-state index contributed by atoms with van der Waals surface area (Å²) in [5.74, 6) is -0.713. The van der Waals surface area contributed by atoms with Gasteiger partial charge in [0.25, 0.3) is 5.91 Å². The van der Waals surface area contributed by atoms with Crippen molar-refractivity contribution >= 4 is 29.1 Å². The van der Waals surface area contributed by atoms with Crippen LogP contribution in [0.5, 0.6) is 0 Å². The van der Waals surface area contributed by atoms with Crippen LogP contribution in [-0.4, -0.2) is 60.4 Å². The van der Waals surface area contributed by atoms with Gasteiger partial charge in [0.2, 0.25) is 5.91 Å². The fourth-order valence-corrected chi connectivity index (χ4v) is 6.45. The summed E-state index contributed by atoms with van der Waals surface area (Å²) < 4.78 is 2.33. The molecule has 0 unspecified atom stereocenters. The van der Waals surface area contributed by atoms with Gasteiger partial charge < -0.3 is 20.1 Å². The molecule has 0 bridgehead atoms. The number of fused-ring (bicyclic) bond motifs is 2. The first-order valence-corrected chi connectivity index (χ1v) is 15.8. The van der Waals surface area contributed by atoms with E-state index in [0.717, 1.165) is 47.7 Å². The summed E-state index contributed by atoms with van der Waals surface area (Å²) >= 11 is 6.89. The summed E-state index contributed by atoms with van der Waals surface area (Å²) in [5, 5.41) is 0.309. The molecule has 234 valence electrons. The number of primary amides is 1. The number of likely N-dealkylation sites (N-methyl/N-ethyl adjacent to an activating group) is 2. The molecule has 0 aliphatic carbocycles. The summed E-state index contributed by atoms with van der Waals surface area (Å²) in [6.07, 6.45) is 0. The SMILES string of the molecule is CN(C)CCN(C)Cc1ccc2n1Cc1ccccc1N(C(=O)c1ccc(-c3cccc(-c4ccccc4)c3C(N)=O)cc1Cl)C2. The van der Waals surface area contributed by atoms with E-state index in [0.29, 0.717) is 40.4 Å². The molecule has 0 saturated carbocycles. The van der Waals surface area contributed by atoms with Crippen LogP contribution in [0, 0.1) is 0 Å². The molecule has 1 aliphatic heterocycles. The third-order valence-electron chi connectivity index (χ3n) is 8.60. The lowest BCUT2D eigenvalue weighted by Gasteiger charge is -2.23. The topological polar surface area (TPSA) is 74.8 Å². The van der Waals surface area contributed by atoms with Gasteiger partial charge in [-0.05, 0) is 79.3 Å². The van der Waals surface area contributed by atoms with E-state index < -0.39 is 5.91 Å². The highest BCUT2D eigenvalue weighted by molar-refractivity contribution is 6.35. The van der Waals surface area contributed by atoms with Crippen molar-refractivity contribution in [2.45, 2.75) is 19.6 Å². The van der Waals surface area contributed by atoms with Crippen LogP contribution in [-0.2, 0) is 19.6 Å². The van der Waals surface area contributed by atoms with Crippen molar-refractivity contribution < 1.29 is 9.59 Å². The molecule has 2 heterocycles. The van der Waals surface area contributed by atoms with Crippen LogP contribution in [0.4, 0.5) is 5.69 Å². The van der Waals surface area contributed by atoms with Gasteiger partial charge in [0.05, 0.1) is 22.7 Å². The van der Waals surface area contributed by atoms with Crippen LogP contribution in [0.25, 0.3) is 22.3 Å². The Kier molecular flexibility index (Phi) is 9.08. The van der Waals surface area contributed by atoms with E-state index in [9.17, 15) is 9.59 Å². The van der Waals surface area contributed by atoms with Crippen molar-refractivity contribution in [2.75, 3.05) is 39.1 Å². The molecular formula is C38H38ClN5O2. The summed E-state index contributed by atoms with van der Waals surface area (Å²) in [6, 6.07) is 33.0. The number of anilines is 1. The molecule has 5 aromatic rings. The van der Waals surface area contributed by atoms with Crippen LogP contribution < -0.4 is 10.6 Å². The number of para-hydroxylation sites is 1. The Labute approximate surface area is 275 Å². The van der Waals surface area contributed by atoms with Crippen LogP contribution in [0.15, 0.2) is 103 Å². The number of hydrogen-bond donors (Lipinski definition) is 1. The number of aromatic nitrogens is 1. The Bertz CT molecular complexity index is 1900. The van der Waals surface area contributed by atoms with Gasteiger partial charge in [-0.25, -0.2) is 0 Å². The van der Waals surface area contributed by atoms with Gasteiger partial charge in [0.15, 0.2) is 0 Å². The van der Waals surface area contributed by atoms with E-state index in [1.54, 1.807) is 12.1 Å². The van der Waals surface area contributed by atoms with Crippen molar-refractivity contribution in [1.82, 2.24) is 14.4 Å². The quantitative estimate of drug-likeness (QED) is 0.195. The lowest BCUT2D eigenvalue weighted by Crippen LogP contribution is -2.31. The minimum Gasteiger partial charge on any atom is -0.366 e. The van der Waals surface area contributed by atoms with E-state index in [4.69, 9.17) is 17.3 Å². The van der Waals surface area contributed by atoms with Crippen LogP contribution in [0.1, 0.15) is 37.7 Å². The van der Waals surface area contributed by atoms with Crippen molar-refractivity contribution in [2.24, 2.45) is 5.73 Å². The molecule has 7 nitrogen and oxygen atoms in total. The zero-order valence-electron chi connectivity index (χ0n) is 26.4. The van der Waals surface area contributed by atoms with Crippen molar-refractivity contribution in [1.29, 1.82) is 0 Å². The molecule has 8 heteroatoms. The van der Waals surface area contributed by atoms with Gasteiger partial charge in [-0.1, -0.05) is 84.4 Å². The third-order valence-corrected chi connectivity index (χ3v) is 8.92. The average Bonchev–Trinajstić information content (AvgIpc) is 3.33. The normalized spacial score (nSPS) is 12.6. The number of nitrogens with zero attached hydrogens (tertiary/aromatic N) is 4. The molecule has 1 aromatic heterocycles. The molecule has 0 atom stereocenters. The van der Waals surface area contributed by atoms with Gasteiger partial charge in [-0.2, -0.15) is 0 Å². The summed E-state index contributed by atoms with van der Waals surface area (Å²) in [5.41, 5.74) is 14.0. The number of carbonyl (C=O) groups excluding carboxylic acids is 2. The number of rotatable bonds is 9. The van der Waals surface area contributed by atoms with Crippen molar-refractivity contribution in [3.05, 3.63) is 136 Å². The zero-order valence-corrected chi connectivity index (χ0v) is 27.2. The van der Waals surface area contributed by atoms with E-state index in [-0.39, 0.29) is 5.91 Å². The Morgan fingerprint density at radius 2 is 1.50 bits per heavy atom. The molecule has 2 N–H and O–H groups in total. The standard InChI is InChI=1S/C38H38ClN5O2/c1-41(2)20-21-42(3)24-29-17-18-30-25-44(35-15-8-7-12-28(35)23-43(29)30)38(46)33-19-16-27(22-34(33)39)32-14-9-13-31(36(32)37(40)45)26-10-5-4-6-11-26/h4-19,22H,20-21,23-25H2,1-3H3,(H2,40,45). The highest BCUT2D eigenvalue weighted by Gasteiger charge is 2.28. The van der Waals surface area contributed by atoms with Crippen molar-refractivity contribution in [3.63, 3.8) is 0 Å². The number of benzene rings is 4. The second-order valence-corrected chi connectivity index (χ2v) is 12.5. The Hall–Kier alpha value is -4.69. The average molecular weight is 632 g/mol. The number of nitrogens with two attached hydrogens (primary N) is 1. The van der Waals surface area contributed by atoms with Gasteiger partial charge in [0, 0.05) is 43.3 Å². The molecule has 0 spiro atoms. The molecule has 2 amide bonds. The summed E-state index contributed by atoms with van der Waals surface area (Å²) in [4.78, 5) is 33.4. The molecule has 0 fully saturated rings. The highest BCUT2D eigenvalue weighted by atomic mass is 35.5. The lowest BCUT2D eigenvalue weighted by atomic mass is 9.91. The van der Waals surface area contributed by atoms with Gasteiger partial charge in [-0.3, -0.25) is 14.5 Å². The summed E-state index contributed by atoms with van der Waals surface area (Å²) in [7, 11) is 6.31. The van der Waals surface area contributed by atoms with Crippen LogP contribution in [0.3, 0.4) is 0 Å². The highest BCUT2D eigenvalue weighted by Crippen LogP contribution is 2.36. The second-order valence-electron chi connectivity index (χ2n) is 12.1. The lowest BCUT2D eigenvalue weighted by molar-refractivity contribution is 0.0981. The molecule has 0 saturated heterocycles. The first-order chi connectivity index (χ1) is 22.2. The third kappa shape index (κ3) is 6.35. The van der Waals surface area contributed by atoms with E-state index in [1.165, 1.54) is 5.69 Å². The Morgan fingerprint density at radius 3 is 2.22 bits per heavy atom. The molecule has 0 radical (unpaired) electrons. The summed E-state index contributed by atoms with van der Waals surface area (Å²) in [6.45, 7) is 3.85. The molecule has 4 aromatic carbocycles. The molecule has 46 heavy (non-hydrogen) atoms. The number of amides is 2. The smallest absolute Gasteiger partial charge is 0.260 e. The molecule has 1 aliphatic rings. The first kappa shape index (κ1) is 31.3. The van der Waals surface area contributed by atoms with Crippen LogP contribution in [0.2, 0.25) is 5.02 Å². The number of hydrogen-bond acceptors (Lipinski definition) is 4. The molecule has 6 rings (SSSR count). The fourth-order valence-electron chi connectivity index (χ4n) is 6.19. The fraction of sp³-hybridized carbons (Fsp3) is 0.211. The van der Waals surface area contributed by atoms with Gasteiger partial charge in [-0.15, -0.1) is 0 Å². The maximum atomic E-state index is 14.3. The Balaban J connectivity index is 1.33. The predicted octanol–water partition coefficient (Wildman–Crippen LogP) is 6.78. The number of carbonyl (C=O) groups is 2. The first-order valence-electron chi connectivity index (χ1n) is 15.4. The van der Waals surface area contributed by atoms with Crippen molar-refractivity contribution in [3.8, 4) is 22.3 Å².